The minimum Gasteiger partial charge on any atom is -0.339 e. The van der Waals surface area contributed by atoms with Crippen LogP contribution in [-0.4, -0.2) is 37.9 Å². The van der Waals surface area contributed by atoms with Crippen LogP contribution in [0.15, 0.2) is 48.7 Å². The van der Waals surface area contributed by atoms with Crippen LogP contribution >= 0.6 is 0 Å². The van der Waals surface area contributed by atoms with E-state index in [0.717, 1.165) is 29.7 Å². The third-order valence-electron chi connectivity index (χ3n) is 5.89. The molecule has 2 aliphatic carbocycles. The quantitative estimate of drug-likeness (QED) is 0.714. The first kappa shape index (κ1) is 17.7. The van der Waals surface area contributed by atoms with Crippen molar-refractivity contribution >= 4 is 11.7 Å². The second-order valence-electron chi connectivity index (χ2n) is 7.92. The largest absolute Gasteiger partial charge is 0.339 e. The summed E-state index contributed by atoms with van der Waals surface area (Å²) in [6.07, 6.45) is 5.19. The zero-order chi connectivity index (χ0) is 19.8. The SMILES string of the molecule is O=C(NC1CC2(CC2)c2cccnc2CC1=O)c1n[nH]c(Cc2ccccc2)n1. The van der Waals surface area contributed by atoms with E-state index in [1.54, 1.807) is 6.20 Å². The van der Waals surface area contributed by atoms with Crippen molar-refractivity contribution in [2.45, 2.75) is 43.6 Å². The number of hydrogen-bond acceptors (Lipinski definition) is 5. The summed E-state index contributed by atoms with van der Waals surface area (Å²) < 4.78 is 0. The Balaban J connectivity index is 1.31. The van der Waals surface area contributed by atoms with Crippen molar-refractivity contribution in [1.29, 1.82) is 0 Å². The Morgan fingerprint density at radius 3 is 2.79 bits per heavy atom. The van der Waals surface area contributed by atoms with Crippen molar-refractivity contribution in [3.8, 4) is 0 Å². The van der Waals surface area contributed by atoms with Gasteiger partial charge in [0.2, 0.25) is 5.82 Å². The van der Waals surface area contributed by atoms with Crippen LogP contribution < -0.4 is 5.32 Å². The summed E-state index contributed by atoms with van der Waals surface area (Å²) in [6, 6.07) is 13.3. The zero-order valence-corrected chi connectivity index (χ0v) is 15.9. The first-order valence-electron chi connectivity index (χ1n) is 9.86. The number of hydrogen-bond donors (Lipinski definition) is 2. The minimum absolute atomic E-state index is 0.0119. The molecule has 7 nitrogen and oxygen atoms in total. The first-order valence-corrected chi connectivity index (χ1v) is 9.86. The summed E-state index contributed by atoms with van der Waals surface area (Å²) in [7, 11) is 0. The van der Waals surface area contributed by atoms with Gasteiger partial charge in [0.25, 0.3) is 5.91 Å². The Morgan fingerprint density at radius 2 is 2.00 bits per heavy atom. The van der Waals surface area contributed by atoms with Gasteiger partial charge in [0.1, 0.15) is 5.82 Å². The monoisotopic (exact) mass is 387 g/mol. The predicted octanol–water partition coefficient (Wildman–Crippen LogP) is 2.14. The maximum Gasteiger partial charge on any atom is 0.291 e. The number of fused-ring (bicyclic) bond motifs is 2. The molecule has 2 heterocycles. The van der Waals surface area contributed by atoms with Gasteiger partial charge in [-0.2, -0.15) is 0 Å². The van der Waals surface area contributed by atoms with E-state index in [1.165, 1.54) is 0 Å². The Hall–Kier alpha value is -3.35. The highest BCUT2D eigenvalue weighted by molar-refractivity contribution is 5.96. The Labute approximate surface area is 168 Å². The molecule has 1 unspecified atom stereocenters. The first-order chi connectivity index (χ1) is 14.1. The van der Waals surface area contributed by atoms with Crippen molar-refractivity contribution in [3.63, 3.8) is 0 Å². The predicted molar refractivity (Wildman–Crippen MR) is 105 cm³/mol. The van der Waals surface area contributed by atoms with Crippen LogP contribution in [0, 0.1) is 0 Å². The molecule has 7 heteroatoms. The number of Topliss-reactive ketones (excluding diaryl/α,β-unsaturated/α-hetero) is 1. The summed E-state index contributed by atoms with van der Waals surface area (Å²) >= 11 is 0. The van der Waals surface area contributed by atoms with E-state index in [4.69, 9.17) is 0 Å². The molecule has 2 N–H and O–H groups in total. The van der Waals surface area contributed by atoms with Crippen LogP contribution in [0.25, 0.3) is 0 Å². The fraction of sp³-hybridized carbons (Fsp3) is 0.318. The molecule has 3 aromatic rings. The molecule has 2 aliphatic rings. The van der Waals surface area contributed by atoms with Gasteiger partial charge in [-0.3, -0.25) is 19.7 Å². The van der Waals surface area contributed by atoms with Gasteiger partial charge in [0.15, 0.2) is 5.78 Å². The molecule has 5 rings (SSSR count). The van der Waals surface area contributed by atoms with E-state index < -0.39 is 11.9 Å². The fourth-order valence-corrected chi connectivity index (χ4v) is 4.21. The van der Waals surface area contributed by atoms with E-state index in [1.807, 2.05) is 36.4 Å². The van der Waals surface area contributed by atoms with Gasteiger partial charge < -0.3 is 5.32 Å². The Bertz CT molecular complexity index is 1070. The molecule has 1 atom stereocenters. The summed E-state index contributed by atoms with van der Waals surface area (Å²) in [5.41, 5.74) is 3.05. The molecule has 2 aromatic heterocycles. The standard InChI is InChI=1S/C22H21N5O2/c28-18-12-16-15(7-4-10-23-16)22(8-9-22)13-17(18)24-21(29)20-25-19(26-27-20)11-14-5-2-1-3-6-14/h1-7,10,17H,8-9,11-13H2,(H,24,29)(H,25,26,27). The highest BCUT2D eigenvalue weighted by Crippen LogP contribution is 2.53. The number of aromatic amines is 1. The van der Waals surface area contributed by atoms with Crippen LogP contribution in [0.3, 0.4) is 0 Å². The lowest BCUT2D eigenvalue weighted by Crippen LogP contribution is -2.42. The van der Waals surface area contributed by atoms with Gasteiger partial charge in [-0.1, -0.05) is 36.4 Å². The van der Waals surface area contributed by atoms with Crippen molar-refractivity contribution in [3.05, 3.63) is 77.1 Å². The number of carbonyl (C=O) groups excluding carboxylic acids is 2. The van der Waals surface area contributed by atoms with Gasteiger partial charge in [0.05, 0.1) is 18.2 Å². The molecule has 0 radical (unpaired) electrons. The number of benzene rings is 1. The van der Waals surface area contributed by atoms with E-state index in [2.05, 4.69) is 31.5 Å². The third kappa shape index (κ3) is 3.44. The maximum atomic E-state index is 12.8. The molecule has 1 aromatic carbocycles. The Kier molecular flexibility index (Phi) is 4.23. The van der Waals surface area contributed by atoms with Crippen LogP contribution in [-0.2, 0) is 23.1 Å². The number of carbonyl (C=O) groups is 2. The summed E-state index contributed by atoms with van der Waals surface area (Å²) in [5, 5.41) is 9.74. The molecular formula is C22H21N5O2. The summed E-state index contributed by atoms with van der Waals surface area (Å²) in [6.45, 7) is 0. The van der Waals surface area contributed by atoms with Crippen LogP contribution in [0.2, 0.25) is 0 Å². The average molecular weight is 387 g/mol. The molecule has 1 saturated carbocycles. The molecule has 1 amide bonds. The van der Waals surface area contributed by atoms with Gasteiger partial charge in [-0.25, -0.2) is 4.98 Å². The number of amides is 1. The normalized spacial score (nSPS) is 19.4. The molecule has 1 fully saturated rings. The lowest BCUT2D eigenvalue weighted by Gasteiger charge is -2.20. The zero-order valence-electron chi connectivity index (χ0n) is 15.9. The van der Waals surface area contributed by atoms with Gasteiger partial charge >= 0.3 is 0 Å². The lowest BCUT2D eigenvalue weighted by molar-refractivity contribution is -0.120. The maximum absolute atomic E-state index is 12.8. The number of aromatic nitrogens is 4. The summed E-state index contributed by atoms with van der Waals surface area (Å²) in [5.74, 6) is 0.244. The molecule has 146 valence electrons. The van der Waals surface area contributed by atoms with E-state index in [-0.39, 0.29) is 23.4 Å². The topological polar surface area (TPSA) is 101 Å². The van der Waals surface area contributed by atoms with Crippen molar-refractivity contribution < 1.29 is 9.59 Å². The summed E-state index contributed by atoms with van der Waals surface area (Å²) in [4.78, 5) is 34.2. The number of rotatable bonds is 4. The molecular weight excluding hydrogens is 366 g/mol. The van der Waals surface area contributed by atoms with Crippen molar-refractivity contribution in [2.24, 2.45) is 0 Å². The number of H-pyrrole nitrogens is 1. The van der Waals surface area contributed by atoms with Gasteiger partial charge in [-0.05, 0) is 41.9 Å². The van der Waals surface area contributed by atoms with Crippen LogP contribution in [0.4, 0.5) is 0 Å². The molecule has 0 bridgehead atoms. The third-order valence-corrected chi connectivity index (χ3v) is 5.89. The van der Waals surface area contributed by atoms with Crippen molar-refractivity contribution in [2.75, 3.05) is 0 Å². The van der Waals surface area contributed by atoms with E-state index >= 15 is 0 Å². The van der Waals surface area contributed by atoms with E-state index in [9.17, 15) is 9.59 Å². The van der Waals surface area contributed by atoms with Gasteiger partial charge in [-0.15, -0.1) is 5.10 Å². The minimum atomic E-state index is -0.546. The number of nitrogens with zero attached hydrogens (tertiary/aromatic N) is 3. The number of ketones is 1. The highest BCUT2D eigenvalue weighted by Gasteiger charge is 2.50. The average Bonchev–Trinajstić information content (AvgIpc) is 3.39. The molecule has 29 heavy (non-hydrogen) atoms. The molecule has 0 saturated heterocycles. The smallest absolute Gasteiger partial charge is 0.291 e. The fourth-order valence-electron chi connectivity index (χ4n) is 4.21. The molecule has 0 aliphatic heterocycles. The van der Waals surface area contributed by atoms with E-state index in [0.29, 0.717) is 18.7 Å². The van der Waals surface area contributed by atoms with Gasteiger partial charge in [0, 0.05) is 12.6 Å². The Morgan fingerprint density at radius 1 is 1.17 bits per heavy atom. The number of nitrogens with one attached hydrogen (secondary N) is 2. The van der Waals surface area contributed by atoms with Crippen LogP contribution in [0.1, 0.15) is 52.5 Å². The highest BCUT2D eigenvalue weighted by atomic mass is 16.2. The van der Waals surface area contributed by atoms with Crippen molar-refractivity contribution in [1.82, 2.24) is 25.5 Å². The lowest BCUT2D eigenvalue weighted by atomic mass is 9.90. The second kappa shape index (κ2) is 6.92. The number of pyridine rings is 1. The second-order valence-corrected chi connectivity index (χ2v) is 7.92. The van der Waals surface area contributed by atoms with Crippen LogP contribution in [0.5, 0.6) is 0 Å². The molecule has 1 spiro atoms.